The molecule has 4 heteroatoms. The SMILES string of the molecule is COc1ccc2ncc(C#N)c(N3CCc4ccccc43)c2c1. The maximum Gasteiger partial charge on any atom is 0.119 e. The van der Waals surface area contributed by atoms with E-state index < -0.39 is 0 Å². The van der Waals surface area contributed by atoms with Crippen LogP contribution in [0.3, 0.4) is 0 Å². The second-order valence-electron chi connectivity index (χ2n) is 5.55. The van der Waals surface area contributed by atoms with Crippen LogP contribution in [0.15, 0.2) is 48.7 Å². The number of aromatic nitrogens is 1. The first-order chi connectivity index (χ1) is 11.3. The molecule has 4 nitrogen and oxygen atoms in total. The molecule has 1 aliphatic rings. The normalized spacial score (nSPS) is 13.0. The molecule has 2 heterocycles. The standard InChI is InChI=1S/C19H15N3O/c1-23-15-6-7-17-16(10-15)19(14(11-20)12-21-17)22-9-8-13-4-2-3-5-18(13)22/h2-7,10,12H,8-9H2,1H3. The lowest BCUT2D eigenvalue weighted by Gasteiger charge is -2.22. The highest BCUT2D eigenvalue weighted by Crippen LogP contribution is 2.40. The lowest BCUT2D eigenvalue weighted by atomic mass is 10.1. The van der Waals surface area contributed by atoms with Gasteiger partial charge in [-0.2, -0.15) is 5.26 Å². The number of methoxy groups -OCH3 is 1. The van der Waals surface area contributed by atoms with Crippen LogP contribution in [0.1, 0.15) is 11.1 Å². The third-order valence-electron chi connectivity index (χ3n) is 4.32. The molecule has 1 aliphatic heterocycles. The van der Waals surface area contributed by atoms with Gasteiger partial charge < -0.3 is 9.64 Å². The molecule has 0 saturated heterocycles. The summed E-state index contributed by atoms with van der Waals surface area (Å²) in [5, 5.41) is 10.5. The molecule has 0 spiro atoms. The van der Waals surface area contributed by atoms with Crippen LogP contribution in [0.25, 0.3) is 10.9 Å². The predicted octanol–water partition coefficient (Wildman–Crippen LogP) is 3.81. The minimum atomic E-state index is 0.586. The number of nitriles is 1. The van der Waals surface area contributed by atoms with Crippen LogP contribution in [0.4, 0.5) is 11.4 Å². The zero-order chi connectivity index (χ0) is 15.8. The average Bonchev–Trinajstić information content (AvgIpc) is 3.03. The second kappa shape index (κ2) is 5.29. The summed E-state index contributed by atoms with van der Waals surface area (Å²) in [5.74, 6) is 0.767. The van der Waals surface area contributed by atoms with Gasteiger partial charge >= 0.3 is 0 Å². The number of ether oxygens (including phenoxy) is 1. The average molecular weight is 301 g/mol. The Morgan fingerprint density at radius 1 is 1.22 bits per heavy atom. The summed E-state index contributed by atoms with van der Waals surface area (Å²) in [7, 11) is 1.65. The van der Waals surface area contributed by atoms with Crippen molar-refractivity contribution in [1.82, 2.24) is 4.98 Å². The van der Waals surface area contributed by atoms with Gasteiger partial charge in [0.1, 0.15) is 11.8 Å². The lowest BCUT2D eigenvalue weighted by molar-refractivity contribution is 0.415. The van der Waals surface area contributed by atoms with Gasteiger partial charge in [0.2, 0.25) is 0 Å². The lowest BCUT2D eigenvalue weighted by Crippen LogP contribution is -2.15. The van der Waals surface area contributed by atoms with E-state index in [0.29, 0.717) is 5.56 Å². The summed E-state index contributed by atoms with van der Waals surface area (Å²) in [6, 6.07) is 16.4. The zero-order valence-corrected chi connectivity index (χ0v) is 12.8. The summed E-state index contributed by atoms with van der Waals surface area (Å²) in [5.41, 5.74) is 4.84. The van der Waals surface area contributed by atoms with Gasteiger partial charge in [0, 0.05) is 23.8 Å². The molecule has 0 amide bonds. The molecule has 0 radical (unpaired) electrons. The van der Waals surface area contributed by atoms with Crippen molar-refractivity contribution < 1.29 is 4.74 Å². The van der Waals surface area contributed by atoms with Gasteiger partial charge in [-0.25, -0.2) is 0 Å². The predicted molar refractivity (Wildman–Crippen MR) is 90.2 cm³/mol. The Bertz CT molecular complexity index is 943. The van der Waals surface area contributed by atoms with Crippen molar-refractivity contribution in [3.8, 4) is 11.8 Å². The van der Waals surface area contributed by atoms with Crippen LogP contribution in [0.2, 0.25) is 0 Å². The molecular weight excluding hydrogens is 286 g/mol. The van der Waals surface area contributed by atoms with Gasteiger partial charge in [0.05, 0.1) is 23.9 Å². The van der Waals surface area contributed by atoms with Crippen LogP contribution >= 0.6 is 0 Å². The van der Waals surface area contributed by atoms with Crippen molar-refractivity contribution in [2.45, 2.75) is 6.42 Å². The summed E-state index contributed by atoms with van der Waals surface area (Å²) in [6.45, 7) is 0.865. The van der Waals surface area contributed by atoms with Gasteiger partial charge in [0.15, 0.2) is 0 Å². The van der Waals surface area contributed by atoms with Crippen LogP contribution in [0.5, 0.6) is 5.75 Å². The van der Waals surface area contributed by atoms with E-state index in [1.807, 2.05) is 24.3 Å². The fourth-order valence-electron chi connectivity index (χ4n) is 3.23. The minimum absolute atomic E-state index is 0.586. The minimum Gasteiger partial charge on any atom is -0.497 e. The number of fused-ring (bicyclic) bond motifs is 2. The zero-order valence-electron chi connectivity index (χ0n) is 12.8. The molecule has 4 rings (SSSR count). The Kier molecular flexibility index (Phi) is 3.13. The molecule has 0 N–H and O–H groups in total. The fraction of sp³-hybridized carbons (Fsp3) is 0.158. The Hall–Kier alpha value is -3.06. The number of hydrogen-bond donors (Lipinski definition) is 0. The van der Waals surface area contributed by atoms with Crippen molar-refractivity contribution in [3.63, 3.8) is 0 Å². The number of nitrogens with zero attached hydrogens (tertiary/aromatic N) is 3. The molecule has 2 aromatic carbocycles. The number of benzene rings is 2. The molecule has 0 bridgehead atoms. The van der Waals surface area contributed by atoms with Crippen LogP contribution < -0.4 is 9.64 Å². The smallest absolute Gasteiger partial charge is 0.119 e. The Morgan fingerprint density at radius 3 is 2.91 bits per heavy atom. The number of para-hydroxylation sites is 1. The highest BCUT2D eigenvalue weighted by Gasteiger charge is 2.24. The number of anilines is 2. The van der Waals surface area contributed by atoms with E-state index in [-0.39, 0.29) is 0 Å². The molecule has 0 aliphatic carbocycles. The van der Waals surface area contributed by atoms with Gasteiger partial charge in [0.25, 0.3) is 0 Å². The van der Waals surface area contributed by atoms with E-state index >= 15 is 0 Å². The highest BCUT2D eigenvalue weighted by molar-refractivity contribution is 5.98. The van der Waals surface area contributed by atoms with Crippen LogP contribution in [-0.4, -0.2) is 18.6 Å². The van der Waals surface area contributed by atoms with E-state index in [1.54, 1.807) is 13.3 Å². The maximum atomic E-state index is 9.56. The molecule has 0 fully saturated rings. The van der Waals surface area contributed by atoms with E-state index in [0.717, 1.165) is 35.3 Å². The van der Waals surface area contributed by atoms with E-state index in [9.17, 15) is 5.26 Å². The Balaban J connectivity index is 2.00. The van der Waals surface area contributed by atoms with Gasteiger partial charge in [-0.1, -0.05) is 18.2 Å². The summed E-state index contributed by atoms with van der Waals surface area (Å²) >= 11 is 0. The quantitative estimate of drug-likeness (QED) is 0.722. The molecular formula is C19H15N3O. The van der Waals surface area contributed by atoms with E-state index in [4.69, 9.17) is 4.74 Å². The Labute approximate surface area is 134 Å². The third-order valence-corrected chi connectivity index (χ3v) is 4.32. The number of pyridine rings is 1. The topological polar surface area (TPSA) is 49.1 Å². The molecule has 112 valence electrons. The third kappa shape index (κ3) is 2.09. The highest BCUT2D eigenvalue weighted by atomic mass is 16.5. The number of hydrogen-bond acceptors (Lipinski definition) is 4. The molecule has 3 aromatic rings. The fourth-order valence-corrected chi connectivity index (χ4v) is 3.23. The summed E-state index contributed by atoms with van der Waals surface area (Å²) in [4.78, 5) is 6.63. The van der Waals surface area contributed by atoms with Crippen molar-refractivity contribution >= 4 is 22.3 Å². The van der Waals surface area contributed by atoms with E-state index in [2.05, 4.69) is 34.2 Å². The summed E-state index contributed by atoms with van der Waals surface area (Å²) < 4.78 is 5.35. The van der Waals surface area contributed by atoms with Gasteiger partial charge in [-0.15, -0.1) is 0 Å². The van der Waals surface area contributed by atoms with Crippen molar-refractivity contribution in [1.29, 1.82) is 5.26 Å². The van der Waals surface area contributed by atoms with Crippen molar-refractivity contribution in [3.05, 3.63) is 59.8 Å². The second-order valence-corrected chi connectivity index (χ2v) is 5.55. The van der Waals surface area contributed by atoms with E-state index in [1.165, 1.54) is 11.3 Å². The van der Waals surface area contributed by atoms with Crippen molar-refractivity contribution in [2.24, 2.45) is 0 Å². The molecule has 0 unspecified atom stereocenters. The first kappa shape index (κ1) is 13.6. The molecule has 0 atom stereocenters. The van der Waals surface area contributed by atoms with Crippen LogP contribution in [-0.2, 0) is 6.42 Å². The first-order valence-corrected chi connectivity index (χ1v) is 7.54. The number of rotatable bonds is 2. The molecule has 23 heavy (non-hydrogen) atoms. The molecule has 1 aromatic heterocycles. The van der Waals surface area contributed by atoms with Gasteiger partial charge in [-0.3, -0.25) is 4.98 Å². The maximum absolute atomic E-state index is 9.56. The molecule has 0 saturated carbocycles. The first-order valence-electron chi connectivity index (χ1n) is 7.54. The van der Waals surface area contributed by atoms with Crippen molar-refractivity contribution in [2.75, 3.05) is 18.6 Å². The summed E-state index contributed by atoms with van der Waals surface area (Å²) in [6.07, 6.45) is 2.64. The van der Waals surface area contributed by atoms with Crippen LogP contribution in [0, 0.1) is 11.3 Å². The largest absolute Gasteiger partial charge is 0.497 e. The Morgan fingerprint density at radius 2 is 2.09 bits per heavy atom. The monoisotopic (exact) mass is 301 g/mol. The van der Waals surface area contributed by atoms with Gasteiger partial charge in [-0.05, 0) is 36.2 Å².